The fourth-order valence-corrected chi connectivity index (χ4v) is 3.46. The number of likely N-dealkylation sites (tertiary alicyclic amines) is 1. The molecule has 2 saturated heterocycles. The second-order valence-electron chi connectivity index (χ2n) is 5.82. The summed E-state index contributed by atoms with van der Waals surface area (Å²) in [7, 11) is 0. The van der Waals surface area contributed by atoms with Gasteiger partial charge in [0, 0.05) is 37.6 Å². The lowest BCUT2D eigenvalue weighted by Gasteiger charge is -2.36. The SMILES string of the molecule is Cc1[nH]nc(CN2C[C@@H]3COCC[C@]3(CO)C2)c1Cl. The average Bonchev–Trinajstić information content (AvgIpc) is 2.94. The van der Waals surface area contributed by atoms with Gasteiger partial charge in [-0.05, 0) is 13.3 Å². The summed E-state index contributed by atoms with van der Waals surface area (Å²) in [6.45, 7) is 6.26. The highest BCUT2D eigenvalue weighted by Crippen LogP contribution is 2.42. The number of hydrogen-bond acceptors (Lipinski definition) is 4. The van der Waals surface area contributed by atoms with Crippen molar-refractivity contribution in [2.75, 3.05) is 32.9 Å². The third-order valence-electron chi connectivity index (χ3n) is 4.58. The fraction of sp³-hybridized carbons (Fsp3) is 0.769. The van der Waals surface area contributed by atoms with E-state index in [1.165, 1.54) is 0 Å². The standard InChI is InChI=1S/C13H20ClN3O2/c1-9-12(14)11(16-15-9)5-17-4-10-6-19-3-2-13(10,7-17)8-18/h10,18H,2-8H2,1H3,(H,15,16)/t10-,13-/m1/s1. The van der Waals surface area contributed by atoms with Gasteiger partial charge in [-0.1, -0.05) is 11.6 Å². The number of fused-ring (bicyclic) bond motifs is 1. The first-order chi connectivity index (χ1) is 9.14. The van der Waals surface area contributed by atoms with E-state index in [0.717, 1.165) is 55.7 Å². The lowest BCUT2D eigenvalue weighted by atomic mass is 9.75. The van der Waals surface area contributed by atoms with Crippen LogP contribution in [0.2, 0.25) is 5.02 Å². The Bertz CT molecular complexity index is 465. The molecular formula is C13H20ClN3O2. The molecule has 2 aliphatic rings. The smallest absolute Gasteiger partial charge is 0.0951 e. The molecule has 19 heavy (non-hydrogen) atoms. The predicted octanol–water partition coefficient (Wildman–Crippen LogP) is 1.20. The van der Waals surface area contributed by atoms with Crippen LogP contribution >= 0.6 is 11.6 Å². The summed E-state index contributed by atoms with van der Waals surface area (Å²) in [6.07, 6.45) is 0.942. The Labute approximate surface area is 117 Å². The molecule has 0 amide bonds. The maximum absolute atomic E-state index is 9.76. The van der Waals surface area contributed by atoms with E-state index in [-0.39, 0.29) is 12.0 Å². The Balaban J connectivity index is 1.72. The summed E-state index contributed by atoms with van der Waals surface area (Å²) in [6, 6.07) is 0. The van der Waals surface area contributed by atoms with Crippen molar-refractivity contribution >= 4 is 11.6 Å². The van der Waals surface area contributed by atoms with Crippen LogP contribution in [0.3, 0.4) is 0 Å². The van der Waals surface area contributed by atoms with Gasteiger partial charge in [0.05, 0.1) is 29.6 Å². The summed E-state index contributed by atoms with van der Waals surface area (Å²) in [4.78, 5) is 2.33. The van der Waals surface area contributed by atoms with E-state index in [2.05, 4.69) is 15.1 Å². The van der Waals surface area contributed by atoms with E-state index < -0.39 is 0 Å². The molecule has 3 rings (SSSR count). The second-order valence-corrected chi connectivity index (χ2v) is 6.20. The first-order valence-corrected chi connectivity index (χ1v) is 7.13. The second kappa shape index (κ2) is 5.05. The Kier molecular flexibility index (Phi) is 3.55. The van der Waals surface area contributed by atoms with Crippen molar-refractivity contribution in [3.63, 3.8) is 0 Å². The number of halogens is 1. The minimum atomic E-state index is 0.01000. The fourth-order valence-electron chi connectivity index (χ4n) is 3.32. The number of aromatic nitrogens is 2. The molecule has 3 heterocycles. The van der Waals surface area contributed by atoms with Gasteiger partial charge in [0.15, 0.2) is 0 Å². The van der Waals surface area contributed by atoms with Crippen molar-refractivity contribution in [3.05, 3.63) is 16.4 Å². The number of aromatic amines is 1. The van der Waals surface area contributed by atoms with E-state index in [0.29, 0.717) is 5.92 Å². The molecule has 2 fully saturated rings. The van der Waals surface area contributed by atoms with Gasteiger partial charge in [0.1, 0.15) is 0 Å². The third-order valence-corrected chi connectivity index (χ3v) is 5.08. The summed E-state index contributed by atoms with van der Waals surface area (Å²) < 4.78 is 5.55. The van der Waals surface area contributed by atoms with Crippen LogP contribution in [0, 0.1) is 18.3 Å². The normalized spacial score (nSPS) is 31.6. The molecule has 5 nitrogen and oxygen atoms in total. The van der Waals surface area contributed by atoms with Crippen LogP contribution in [0.5, 0.6) is 0 Å². The number of nitrogens with zero attached hydrogens (tertiary/aromatic N) is 2. The molecule has 0 bridgehead atoms. The van der Waals surface area contributed by atoms with Gasteiger partial charge in [-0.3, -0.25) is 10.00 Å². The lowest BCUT2D eigenvalue weighted by molar-refractivity contribution is -0.0417. The molecule has 2 aliphatic heterocycles. The number of hydrogen-bond donors (Lipinski definition) is 2. The molecule has 2 N–H and O–H groups in total. The predicted molar refractivity (Wildman–Crippen MR) is 72.1 cm³/mol. The van der Waals surface area contributed by atoms with Crippen LogP contribution in [-0.2, 0) is 11.3 Å². The number of H-pyrrole nitrogens is 1. The van der Waals surface area contributed by atoms with Gasteiger partial charge in [0.25, 0.3) is 0 Å². The molecule has 106 valence electrons. The molecule has 0 unspecified atom stereocenters. The molecule has 0 aromatic carbocycles. The van der Waals surface area contributed by atoms with Crippen LogP contribution in [0.4, 0.5) is 0 Å². The van der Waals surface area contributed by atoms with E-state index >= 15 is 0 Å². The van der Waals surface area contributed by atoms with Crippen molar-refractivity contribution in [1.82, 2.24) is 15.1 Å². The number of aryl methyl sites for hydroxylation is 1. The van der Waals surface area contributed by atoms with Crippen molar-refractivity contribution in [2.24, 2.45) is 11.3 Å². The highest BCUT2D eigenvalue weighted by Gasteiger charge is 2.47. The Morgan fingerprint density at radius 3 is 3.11 bits per heavy atom. The van der Waals surface area contributed by atoms with Crippen LogP contribution in [-0.4, -0.2) is 53.1 Å². The van der Waals surface area contributed by atoms with Crippen molar-refractivity contribution in [1.29, 1.82) is 0 Å². The Morgan fingerprint density at radius 1 is 1.63 bits per heavy atom. The Hall–Kier alpha value is -0.620. The van der Waals surface area contributed by atoms with Gasteiger partial charge in [-0.25, -0.2) is 0 Å². The van der Waals surface area contributed by atoms with Crippen LogP contribution in [0.25, 0.3) is 0 Å². The zero-order chi connectivity index (χ0) is 13.5. The largest absolute Gasteiger partial charge is 0.396 e. The minimum absolute atomic E-state index is 0.01000. The molecular weight excluding hydrogens is 266 g/mol. The summed E-state index contributed by atoms with van der Waals surface area (Å²) in [5, 5.41) is 17.7. The monoisotopic (exact) mass is 285 g/mol. The molecule has 0 radical (unpaired) electrons. The molecule has 2 atom stereocenters. The quantitative estimate of drug-likeness (QED) is 0.876. The Morgan fingerprint density at radius 2 is 2.47 bits per heavy atom. The van der Waals surface area contributed by atoms with E-state index in [1.807, 2.05) is 6.92 Å². The maximum Gasteiger partial charge on any atom is 0.0951 e. The topological polar surface area (TPSA) is 61.4 Å². The van der Waals surface area contributed by atoms with Gasteiger partial charge < -0.3 is 9.84 Å². The maximum atomic E-state index is 9.76. The van der Waals surface area contributed by atoms with Gasteiger partial charge in [-0.15, -0.1) is 0 Å². The molecule has 1 aromatic rings. The molecule has 0 aliphatic carbocycles. The molecule has 0 saturated carbocycles. The number of nitrogens with one attached hydrogen (secondary N) is 1. The lowest BCUT2D eigenvalue weighted by Crippen LogP contribution is -2.41. The first kappa shape index (κ1) is 13.4. The van der Waals surface area contributed by atoms with Gasteiger partial charge >= 0.3 is 0 Å². The number of aliphatic hydroxyl groups excluding tert-OH is 1. The van der Waals surface area contributed by atoms with E-state index in [1.54, 1.807) is 0 Å². The number of ether oxygens (including phenoxy) is 1. The van der Waals surface area contributed by atoms with Crippen LogP contribution in [0.1, 0.15) is 17.8 Å². The van der Waals surface area contributed by atoms with Crippen molar-refractivity contribution in [2.45, 2.75) is 19.9 Å². The highest BCUT2D eigenvalue weighted by atomic mass is 35.5. The minimum Gasteiger partial charge on any atom is -0.396 e. The van der Waals surface area contributed by atoms with Gasteiger partial charge in [-0.2, -0.15) is 5.10 Å². The number of aliphatic hydroxyl groups is 1. The summed E-state index contributed by atoms with van der Waals surface area (Å²) in [5.74, 6) is 0.421. The zero-order valence-electron chi connectivity index (χ0n) is 11.2. The summed E-state index contributed by atoms with van der Waals surface area (Å²) in [5.41, 5.74) is 1.82. The summed E-state index contributed by atoms with van der Waals surface area (Å²) >= 11 is 6.21. The van der Waals surface area contributed by atoms with E-state index in [9.17, 15) is 5.11 Å². The van der Waals surface area contributed by atoms with Crippen LogP contribution in [0.15, 0.2) is 0 Å². The zero-order valence-corrected chi connectivity index (χ0v) is 11.9. The number of rotatable bonds is 3. The molecule has 0 spiro atoms. The molecule has 6 heteroatoms. The first-order valence-electron chi connectivity index (χ1n) is 6.75. The highest BCUT2D eigenvalue weighted by molar-refractivity contribution is 6.31. The van der Waals surface area contributed by atoms with Crippen molar-refractivity contribution < 1.29 is 9.84 Å². The average molecular weight is 286 g/mol. The third kappa shape index (κ3) is 2.29. The van der Waals surface area contributed by atoms with Crippen LogP contribution < -0.4 is 0 Å². The van der Waals surface area contributed by atoms with E-state index in [4.69, 9.17) is 16.3 Å². The van der Waals surface area contributed by atoms with Crippen molar-refractivity contribution in [3.8, 4) is 0 Å². The molecule has 1 aromatic heterocycles. The van der Waals surface area contributed by atoms with Gasteiger partial charge in [0.2, 0.25) is 0 Å².